The van der Waals surface area contributed by atoms with Crippen LogP contribution >= 0.6 is 15.9 Å². The van der Waals surface area contributed by atoms with Crippen LogP contribution in [0.5, 0.6) is 0 Å². The lowest BCUT2D eigenvalue weighted by atomic mass is 10.3. The van der Waals surface area contributed by atoms with Crippen molar-refractivity contribution >= 4 is 21.8 Å². The number of halogens is 1. The molecule has 0 spiro atoms. The molecule has 7 heteroatoms. The Kier molecular flexibility index (Phi) is 4.73. The highest BCUT2D eigenvalue weighted by Gasteiger charge is 2.05. The van der Waals surface area contributed by atoms with Crippen molar-refractivity contribution in [1.29, 1.82) is 0 Å². The first-order chi connectivity index (χ1) is 9.19. The Morgan fingerprint density at radius 1 is 1.47 bits per heavy atom. The maximum absolute atomic E-state index is 11.7. The Bertz CT molecular complexity index is 548. The van der Waals surface area contributed by atoms with E-state index in [9.17, 15) is 4.79 Å². The van der Waals surface area contributed by atoms with E-state index >= 15 is 0 Å². The van der Waals surface area contributed by atoms with Crippen molar-refractivity contribution in [2.75, 3.05) is 0 Å². The van der Waals surface area contributed by atoms with Gasteiger partial charge in [-0.25, -0.2) is 0 Å². The van der Waals surface area contributed by atoms with Crippen molar-refractivity contribution in [2.24, 2.45) is 0 Å². The third kappa shape index (κ3) is 3.92. The van der Waals surface area contributed by atoms with E-state index in [1.54, 1.807) is 17.1 Å². The fourth-order valence-electron chi connectivity index (χ4n) is 1.75. The van der Waals surface area contributed by atoms with Crippen molar-refractivity contribution < 1.29 is 4.79 Å². The predicted molar refractivity (Wildman–Crippen MR) is 74.3 cm³/mol. The SMILES string of the molecule is CCn1nccc1CNC(=O)CCn1cc(Br)cn1. The molecule has 2 aromatic heterocycles. The zero-order chi connectivity index (χ0) is 13.7. The highest BCUT2D eigenvalue weighted by molar-refractivity contribution is 9.10. The quantitative estimate of drug-likeness (QED) is 0.876. The Balaban J connectivity index is 1.76. The third-order valence-electron chi connectivity index (χ3n) is 2.74. The third-order valence-corrected chi connectivity index (χ3v) is 3.15. The van der Waals surface area contributed by atoms with Crippen LogP contribution in [0.4, 0.5) is 0 Å². The molecule has 1 amide bonds. The molecule has 0 saturated carbocycles. The number of nitrogens with zero attached hydrogens (tertiary/aromatic N) is 4. The van der Waals surface area contributed by atoms with Crippen molar-refractivity contribution in [3.63, 3.8) is 0 Å². The molecule has 0 unspecified atom stereocenters. The van der Waals surface area contributed by atoms with Crippen LogP contribution in [0.3, 0.4) is 0 Å². The monoisotopic (exact) mass is 325 g/mol. The second-order valence-electron chi connectivity index (χ2n) is 4.09. The molecule has 6 nitrogen and oxygen atoms in total. The van der Waals surface area contributed by atoms with E-state index in [-0.39, 0.29) is 5.91 Å². The second kappa shape index (κ2) is 6.51. The Morgan fingerprint density at radius 3 is 3.00 bits per heavy atom. The van der Waals surface area contributed by atoms with Crippen molar-refractivity contribution in [1.82, 2.24) is 24.9 Å². The normalized spacial score (nSPS) is 10.6. The van der Waals surface area contributed by atoms with Gasteiger partial charge in [-0.15, -0.1) is 0 Å². The lowest BCUT2D eigenvalue weighted by Gasteiger charge is -2.07. The Morgan fingerprint density at radius 2 is 2.32 bits per heavy atom. The molecule has 0 radical (unpaired) electrons. The maximum Gasteiger partial charge on any atom is 0.222 e. The molecule has 0 bridgehead atoms. The number of aromatic nitrogens is 4. The molecule has 0 fully saturated rings. The maximum atomic E-state index is 11.7. The smallest absolute Gasteiger partial charge is 0.222 e. The van der Waals surface area contributed by atoms with Crippen LogP contribution in [0.2, 0.25) is 0 Å². The zero-order valence-electron chi connectivity index (χ0n) is 10.7. The van der Waals surface area contributed by atoms with Crippen LogP contribution < -0.4 is 5.32 Å². The Hall–Kier alpha value is -1.63. The minimum Gasteiger partial charge on any atom is -0.350 e. The zero-order valence-corrected chi connectivity index (χ0v) is 12.3. The van der Waals surface area contributed by atoms with E-state index < -0.39 is 0 Å². The number of rotatable bonds is 6. The first-order valence-electron chi connectivity index (χ1n) is 6.14. The second-order valence-corrected chi connectivity index (χ2v) is 5.00. The highest BCUT2D eigenvalue weighted by Crippen LogP contribution is 2.06. The fourth-order valence-corrected chi connectivity index (χ4v) is 2.08. The molecule has 2 aromatic rings. The summed E-state index contributed by atoms with van der Waals surface area (Å²) in [6.45, 7) is 3.91. The van der Waals surface area contributed by atoms with Gasteiger partial charge < -0.3 is 5.32 Å². The number of amides is 1. The molecule has 0 aliphatic heterocycles. The topological polar surface area (TPSA) is 64.7 Å². The van der Waals surface area contributed by atoms with E-state index in [4.69, 9.17) is 0 Å². The molecular weight excluding hydrogens is 310 g/mol. The van der Waals surface area contributed by atoms with Crippen molar-refractivity contribution in [3.8, 4) is 0 Å². The van der Waals surface area contributed by atoms with E-state index in [2.05, 4.69) is 31.4 Å². The first kappa shape index (κ1) is 13.8. The fraction of sp³-hybridized carbons (Fsp3) is 0.417. The summed E-state index contributed by atoms with van der Waals surface area (Å²) < 4.78 is 4.52. The van der Waals surface area contributed by atoms with Crippen LogP contribution in [0.15, 0.2) is 29.1 Å². The average Bonchev–Trinajstić information content (AvgIpc) is 3.02. The van der Waals surface area contributed by atoms with Crippen molar-refractivity contribution in [2.45, 2.75) is 33.0 Å². The predicted octanol–water partition coefficient (Wildman–Crippen LogP) is 1.57. The molecule has 2 heterocycles. The van der Waals surface area contributed by atoms with Gasteiger partial charge in [-0.1, -0.05) is 0 Å². The van der Waals surface area contributed by atoms with E-state index in [1.807, 2.05) is 23.9 Å². The minimum absolute atomic E-state index is 0.00970. The van der Waals surface area contributed by atoms with Gasteiger partial charge in [-0.3, -0.25) is 14.2 Å². The number of hydrogen-bond donors (Lipinski definition) is 1. The summed E-state index contributed by atoms with van der Waals surface area (Å²) in [5, 5.41) is 11.1. The summed E-state index contributed by atoms with van der Waals surface area (Å²) in [6, 6.07) is 1.91. The molecule has 19 heavy (non-hydrogen) atoms. The molecule has 0 aromatic carbocycles. The van der Waals surface area contributed by atoms with Gasteiger partial charge in [0.15, 0.2) is 0 Å². The lowest BCUT2D eigenvalue weighted by molar-refractivity contribution is -0.121. The standard InChI is InChI=1S/C12H16BrN5O/c1-2-18-11(3-5-15-18)8-14-12(19)4-6-17-9-10(13)7-16-17/h3,5,7,9H,2,4,6,8H2,1H3,(H,14,19). The van der Waals surface area contributed by atoms with Gasteiger partial charge in [0.25, 0.3) is 0 Å². The molecule has 0 aliphatic rings. The number of hydrogen-bond acceptors (Lipinski definition) is 3. The van der Waals surface area contributed by atoms with E-state index in [0.29, 0.717) is 19.5 Å². The van der Waals surface area contributed by atoms with Crippen LogP contribution in [0.25, 0.3) is 0 Å². The van der Waals surface area contributed by atoms with E-state index in [1.165, 1.54) is 0 Å². The summed E-state index contributed by atoms with van der Waals surface area (Å²) in [7, 11) is 0. The van der Waals surface area contributed by atoms with Gasteiger partial charge in [-0.2, -0.15) is 10.2 Å². The summed E-state index contributed by atoms with van der Waals surface area (Å²) in [6.07, 6.45) is 5.71. The van der Waals surface area contributed by atoms with Gasteiger partial charge in [0.1, 0.15) is 0 Å². The lowest BCUT2D eigenvalue weighted by Crippen LogP contribution is -2.25. The molecule has 0 aliphatic carbocycles. The molecule has 1 N–H and O–H groups in total. The molecular formula is C12H16BrN5O. The summed E-state index contributed by atoms with van der Waals surface area (Å²) >= 11 is 3.32. The first-order valence-corrected chi connectivity index (χ1v) is 6.93. The summed E-state index contributed by atoms with van der Waals surface area (Å²) in [5.74, 6) is 0.00970. The summed E-state index contributed by atoms with van der Waals surface area (Å²) in [4.78, 5) is 11.7. The number of carbonyl (C=O) groups excluding carboxylic acids is 1. The van der Waals surface area contributed by atoms with Gasteiger partial charge in [-0.05, 0) is 28.9 Å². The van der Waals surface area contributed by atoms with E-state index in [0.717, 1.165) is 16.7 Å². The highest BCUT2D eigenvalue weighted by atomic mass is 79.9. The molecule has 0 saturated heterocycles. The Labute approximate surface area is 119 Å². The number of nitrogens with one attached hydrogen (secondary N) is 1. The molecule has 102 valence electrons. The van der Waals surface area contributed by atoms with Gasteiger partial charge >= 0.3 is 0 Å². The van der Waals surface area contributed by atoms with Gasteiger partial charge in [0.2, 0.25) is 5.91 Å². The van der Waals surface area contributed by atoms with Crippen molar-refractivity contribution in [3.05, 3.63) is 34.8 Å². The van der Waals surface area contributed by atoms with Crippen LogP contribution in [0, 0.1) is 0 Å². The average molecular weight is 326 g/mol. The van der Waals surface area contributed by atoms with Crippen LogP contribution in [-0.4, -0.2) is 25.5 Å². The molecule has 2 rings (SSSR count). The van der Waals surface area contributed by atoms with Crippen LogP contribution in [-0.2, 0) is 24.4 Å². The van der Waals surface area contributed by atoms with Crippen LogP contribution in [0.1, 0.15) is 19.0 Å². The number of aryl methyl sites for hydroxylation is 2. The van der Waals surface area contributed by atoms with Gasteiger partial charge in [0, 0.05) is 31.9 Å². The molecule has 0 atom stereocenters. The van der Waals surface area contributed by atoms with Gasteiger partial charge in [0.05, 0.1) is 22.9 Å². The minimum atomic E-state index is 0.00970. The summed E-state index contributed by atoms with van der Waals surface area (Å²) in [5.41, 5.74) is 1.01. The number of carbonyl (C=O) groups is 1. The largest absolute Gasteiger partial charge is 0.350 e.